The van der Waals surface area contributed by atoms with Crippen LogP contribution in [0.2, 0.25) is 18.1 Å². The van der Waals surface area contributed by atoms with Gasteiger partial charge in [0.2, 0.25) is 0 Å². The summed E-state index contributed by atoms with van der Waals surface area (Å²) in [7, 11) is -1.70. The smallest absolute Gasteiger partial charge is 0.192 e. The fourth-order valence-corrected chi connectivity index (χ4v) is 4.45. The van der Waals surface area contributed by atoms with Gasteiger partial charge in [0.05, 0.1) is 11.7 Å². The minimum absolute atomic E-state index is 0.0524. The van der Waals surface area contributed by atoms with Crippen molar-refractivity contribution < 1.29 is 9.53 Å². The first-order chi connectivity index (χ1) is 7.96. The second kappa shape index (κ2) is 5.26. The van der Waals surface area contributed by atoms with Gasteiger partial charge in [-0.15, -0.1) is 0 Å². The van der Waals surface area contributed by atoms with E-state index in [-0.39, 0.29) is 16.7 Å². The molecule has 0 saturated heterocycles. The molecular weight excluding hydrogens is 240 g/mol. The lowest BCUT2D eigenvalue weighted by molar-refractivity contribution is -0.00917. The first kappa shape index (κ1) is 16.2. The molecule has 18 heavy (non-hydrogen) atoms. The zero-order chi connectivity index (χ0) is 14.2. The van der Waals surface area contributed by atoms with Crippen molar-refractivity contribution in [1.29, 1.82) is 0 Å². The van der Waals surface area contributed by atoms with Gasteiger partial charge in [-0.2, -0.15) is 0 Å². The average Bonchev–Trinajstić information content (AvgIpc) is 2.14. The van der Waals surface area contributed by atoms with Crippen molar-refractivity contribution in [3.63, 3.8) is 0 Å². The second-order valence-corrected chi connectivity index (χ2v) is 12.7. The fraction of sp³-hybridized carbons (Fsp3) is 1.00. The topological polar surface area (TPSA) is 29.5 Å². The van der Waals surface area contributed by atoms with Crippen LogP contribution in [0.15, 0.2) is 0 Å². The number of rotatable bonds is 3. The lowest BCUT2D eigenvalue weighted by Gasteiger charge is -2.47. The molecule has 0 aromatic heterocycles. The van der Waals surface area contributed by atoms with E-state index >= 15 is 0 Å². The van der Waals surface area contributed by atoms with Crippen LogP contribution in [0.4, 0.5) is 0 Å². The fourth-order valence-electron chi connectivity index (χ4n) is 2.67. The Kier molecular flexibility index (Phi) is 4.73. The predicted molar refractivity (Wildman–Crippen MR) is 80.3 cm³/mol. The molecule has 0 atom stereocenters. The van der Waals surface area contributed by atoms with Crippen LogP contribution in [0.5, 0.6) is 0 Å². The van der Waals surface area contributed by atoms with Crippen molar-refractivity contribution >= 4 is 8.32 Å². The van der Waals surface area contributed by atoms with Gasteiger partial charge in [-0.3, -0.25) is 0 Å². The standard InChI is InChI=1S/C15H32O2Si/c1-14(2,3)18(6,7)17-15(4,5)12-8-10-13(16)11-9-12/h12-13,16H,8-11H2,1-7H3. The lowest BCUT2D eigenvalue weighted by atomic mass is 9.78. The third kappa shape index (κ3) is 3.81. The highest BCUT2D eigenvalue weighted by atomic mass is 28.4. The van der Waals surface area contributed by atoms with Gasteiger partial charge in [-0.1, -0.05) is 20.8 Å². The van der Waals surface area contributed by atoms with Gasteiger partial charge >= 0.3 is 0 Å². The molecule has 108 valence electrons. The van der Waals surface area contributed by atoms with E-state index < -0.39 is 8.32 Å². The van der Waals surface area contributed by atoms with Crippen LogP contribution in [0.25, 0.3) is 0 Å². The minimum Gasteiger partial charge on any atom is -0.412 e. The molecule has 1 N–H and O–H groups in total. The molecule has 2 nitrogen and oxygen atoms in total. The summed E-state index contributed by atoms with van der Waals surface area (Å²) < 4.78 is 6.62. The Hall–Kier alpha value is 0.137. The van der Waals surface area contributed by atoms with Gasteiger partial charge in [0.25, 0.3) is 0 Å². The van der Waals surface area contributed by atoms with Crippen molar-refractivity contribution in [3.8, 4) is 0 Å². The second-order valence-electron chi connectivity index (χ2n) is 7.97. The zero-order valence-corrected chi connectivity index (χ0v) is 14.3. The molecule has 0 spiro atoms. The summed E-state index contributed by atoms with van der Waals surface area (Å²) in [5.41, 5.74) is -0.0524. The van der Waals surface area contributed by atoms with Crippen LogP contribution < -0.4 is 0 Å². The monoisotopic (exact) mass is 272 g/mol. The van der Waals surface area contributed by atoms with Gasteiger partial charge in [-0.25, -0.2) is 0 Å². The summed E-state index contributed by atoms with van der Waals surface area (Å²) in [5.74, 6) is 0.593. The van der Waals surface area contributed by atoms with Crippen LogP contribution in [0, 0.1) is 5.92 Å². The summed E-state index contributed by atoms with van der Waals surface area (Å²) in [4.78, 5) is 0. The van der Waals surface area contributed by atoms with Crippen molar-refractivity contribution in [2.24, 2.45) is 5.92 Å². The van der Waals surface area contributed by atoms with E-state index in [4.69, 9.17) is 4.43 Å². The van der Waals surface area contributed by atoms with Crippen molar-refractivity contribution in [2.75, 3.05) is 0 Å². The van der Waals surface area contributed by atoms with Crippen LogP contribution in [-0.2, 0) is 4.43 Å². The third-order valence-electron chi connectivity index (χ3n) is 5.00. The summed E-state index contributed by atoms with van der Waals surface area (Å²) >= 11 is 0. The Balaban J connectivity index is 2.70. The van der Waals surface area contributed by atoms with Gasteiger partial charge in [0.15, 0.2) is 8.32 Å². The van der Waals surface area contributed by atoms with Crippen LogP contribution in [0.3, 0.4) is 0 Å². The third-order valence-corrected chi connectivity index (χ3v) is 9.65. The molecular formula is C15H32O2Si. The molecule has 0 aromatic rings. The molecule has 1 rings (SSSR count). The summed E-state index contributed by atoms with van der Waals surface area (Å²) in [6.45, 7) is 16.0. The highest BCUT2D eigenvalue weighted by molar-refractivity contribution is 6.74. The first-order valence-electron chi connectivity index (χ1n) is 7.34. The zero-order valence-electron chi connectivity index (χ0n) is 13.3. The molecule has 0 aliphatic heterocycles. The van der Waals surface area contributed by atoms with Crippen molar-refractivity contribution in [3.05, 3.63) is 0 Å². The number of aliphatic hydroxyl groups is 1. The predicted octanol–water partition coefficient (Wildman–Crippen LogP) is 4.34. The quantitative estimate of drug-likeness (QED) is 0.775. The highest BCUT2D eigenvalue weighted by Crippen LogP contribution is 2.43. The lowest BCUT2D eigenvalue weighted by Crippen LogP contribution is -2.51. The number of hydrogen-bond acceptors (Lipinski definition) is 2. The SMILES string of the molecule is CC(C)(O[Si](C)(C)C(C)(C)C)C1CCC(O)CC1. The highest BCUT2D eigenvalue weighted by Gasteiger charge is 2.44. The summed E-state index contributed by atoms with van der Waals surface area (Å²) in [6.07, 6.45) is 4.00. The molecule has 0 radical (unpaired) electrons. The number of hydrogen-bond donors (Lipinski definition) is 1. The Morgan fingerprint density at radius 2 is 1.39 bits per heavy atom. The largest absolute Gasteiger partial charge is 0.412 e. The summed E-state index contributed by atoms with van der Waals surface area (Å²) in [6, 6.07) is 0. The Morgan fingerprint density at radius 1 is 0.944 bits per heavy atom. The average molecular weight is 273 g/mol. The molecule has 0 bridgehead atoms. The maximum Gasteiger partial charge on any atom is 0.192 e. The maximum absolute atomic E-state index is 9.62. The molecule has 3 heteroatoms. The minimum atomic E-state index is -1.70. The van der Waals surface area contributed by atoms with Crippen LogP contribution in [0.1, 0.15) is 60.3 Å². The molecule has 0 unspecified atom stereocenters. The van der Waals surface area contributed by atoms with Crippen molar-refractivity contribution in [2.45, 2.75) is 90.1 Å². The molecule has 1 aliphatic rings. The van der Waals surface area contributed by atoms with E-state index in [0.29, 0.717) is 5.92 Å². The molecule has 1 fully saturated rings. The number of aliphatic hydroxyl groups excluding tert-OH is 1. The van der Waals surface area contributed by atoms with Crippen LogP contribution >= 0.6 is 0 Å². The van der Waals surface area contributed by atoms with E-state index in [2.05, 4.69) is 47.7 Å². The molecule has 1 aliphatic carbocycles. The van der Waals surface area contributed by atoms with E-state index in [1.807, 2.05) is 0 Å². The van der Waals surface area contributed by atoms with Gasteiger partial charge in [0.1, 0.15) is 0 Å². The molecule has 0 aromatic carbocycles. The Bertz CT molecular complexity index is 271. The maximum atomic E-state index is 9.62. The van der Waals surface area contributed by atoms with E-state index in [1.165, 1.54) is 0 Å². The molecule has 1 saturated carbocycles. The van der Waals surface area contributed by atoms with Gasteiger partial charge in [0, 0.05) is 0 Å². The van der Waals surface area contributed by atoms with Gasteiger partial charge < -0.3 is 9.53 Å². The van der Waals surface area contributed by atoms with Crippen molar-refractivity contribution in [1.82, 2.24) is 0 Å². The normalized spacial score (nSPS) is 27.3. The van der Waals surface area contributed by atoms with E-state index in [9.17, 15) is 5.11 Å². The molecule has 0 amide bonds. The summed E-state index contributed by atoms with van der Waals surface area (Å²) in [5, 5.41) is 9.88. The molecule has 0 heterocycles. The van der Waals surface area contributed by atoms with E-state index in [1.54, 1.807) is 0 Å². The van der Waals surface area contributed by atoms with E-state index in [0.717, 1.165) is 25.7 Å². The Labute approximate surface area is 114 Å². The van der Waals surface area contributed by atoms with Gasteiger partial charge in [-0.05, 0) is 63.6 Å². The first-order valence-corrected chi connectivity index (χ1v) is 10.2. The Morgan fingerprint density at radius 3 is 1.78 bits per heavy atom. The van der Waals surface area contributed by atoms with Crippen LogP contribution in [-0.4, -0.2) is 25.1 Å².